The number of benzene rings is 2. The zero-order valence-electron chi connectivity index (χ0n) is 17.3. The van der Waals surface area contributed by atoms with Crippen molar-refractivity contribution in [3.05, 3.63) is 83.2 Å². The fraction of sp³-hybridized carbons (Fsp3) is 0.208. The maximum atomic E-state index is 13.4. The lowest BCUT2D eigenvalue weighted by molar-refractivity contribution is -0.118. The molecule has 0 fully saturated rings. The zero-order valence-corrected chi connectivity index (χ0v) is 18.1. The quantitative estimate of drug-likeness (QED) is 0.438. The molecule has 152 valence electrons. The molecule has 2 heterocycles. The zero-order chi connectivity index (χ0) is 21.1. The van der Waals surface area contributed by atoms with Gasteiger partial charge in [-0.1, -0.05) is 35.1 Å². The van der Waals surface area contributed by atoms with Gasteiger partial charge in [0.2, 0.25) is 5.91 Å². The van der Waals surface area contributed by atoms with Gasteiger partial charge in [-0.15, -0.1) is 0 Å². The third-order valence-electron chi connectivity index (χ3n) is 5.05. The minimum Gasteiger partial charge on any atom is -0.497 e. The Morgan fingerprint density at radius 3 is 2.60 bits per heavy atom. The first-order valence-corrected chi connectivity index (χ1v) is 10.5. The number of fused-ring (bicyclic) bond motifs is 1. The van der Waals surface area contributed by atoms with Gasteiger partial charge in [0.05, 0.1) is 30.3 Å². The second-order valence-corrected chi connectivity index (χ2v) is 8.28. The lowest BCUT2D eigenvalue weighted by Crippen LogP contribution is -2.31. The van der Waals surface area contributed by atoms with Gasteiger partial charge in [0.15, 0.2) is 5.13 Å². The summed E-state index contributed by atoms with van der Waals surface area (Å²) in [5, 5.41) is 0.685. The van der Waals surface area contributed by atoms with E-state index in [2.05, 4.69) is 18.0 Å². The molecule has 0 saturated carbocycles. The number of rotatable bonds is 6. The summed E-state index contributed by atoms with van der Waals surface area (Å²) in [5.41, 5.74) is 5.22. The van der Waals surface area contributed by atoms with E-state index in [0.717, 1.165) is 32.7 Å². The van der Waals surface area contributed by atoms with Crippen molar-refractivity contribution < 1.29 is 9.53 Å². The molecule has 4 aromatic rings. The molecule has 2 aromatic carbocycles. The van der Waals surface area contributed by atoms with Gasteiger partial charge < -0.3 is 4.74 Å². The summed E-state index contributed by atoms with van der Waals surface area (Å²) in [6.45, 7) is 4.56. The smallest absolute Gasteiger partial charge is 0.233 e. The number of ether oxygens (including phenoxy) is 1. The summed E-state index contributed by atoms with van der Waals surface area (Å²) in [5.74, 6) is 0.796. The standard InChI is InChI=1S/C24H23N3O2S/c1-16-4-5-19(17(2)12-16)13-23(28)27(15-18-8-10-25-11-9-18)24-26-21-7-6-20(29-3)14-22(21)30-24/h4-12,14H,13,15H2,1-3H3. The molecule has 0 atom stereocenters. The number of aryl methyl sites for hydroxylation is 2. The Morgan fingerprint density at radius 2 is 1.87 bits per heavy atom. The molecule has 0 N–H and O–H groups in total. The summed E-state index contributed by atoms with van der Waals surface area (Å²) >= 11 is 1.50. The maximum Gasteiger partial charge on any atom is 0.233 e. The molecule has 2 aromatic heterocycles. The van der Waals surface area contributed by atoms with Crippen LogP contribution in [0.25, 0.3) is 10.2 Å². The average molecular weight is 418 g/mol. The van der Waals surface area contributed by atoms with E-state index >= 15 is 0 Å². The maximum absolute atomic E-state index is 13.4. The predicted octanol–water partition coefficient (Wildman–Crippen LogP) is 5.09. The van der Waals surface area contributed by atoms with Crippen molar-refractivity contribution in [2.24, 2.45) is 0 Å². The van der Waals surface area contributed by atoms with Crippen molar-refractivity contribution in [1.82, 2.24) is 9.97 Å². The number of carbonyl (C=O) groups is 1. The largest absolute Gasteiger partial charge is 0.497 e. The molecule has 0 aliphatic carbocycles. The van der Waals surface area contributed by atoms with E-state index in [9.17, 15) is 4.79 Å². The molecule has 4 rings (SSSR count). The number of thiazole rings is 1. The predicted molar refractivity (Wildman–Crippen MR) is 121 cm³/mol. The minimum absolute atomic E-state index is 0.0183. The number of nitrogens with zero attached hydrogens (tertiary/aromatic N) is 3. The van der Waals surface area contributed by atoms with Crippen LogP contribution in [-0.4, -0.2) is 23.0 Å². The normalized spacial score (nSPS) is 10.9. The molecule has 0 bridgehead atoms. The van der Waals surface area contributed by atoms with Crippen molar-refractivity contribution in [2.75, 3.05) is 12.0 Å². The highest BCUT2D eigenvalue weighted by atomic mass is 32.1. The highest BCUT2D eigenvalue weighted by Gasteiger charge is 2.21. The molecule has 0 unspecified atom stereocenters. The Bertz CT molecular complexity index is 1190. The van der Waals surface area contributed by atoms with Crippen LogP contribution in [0.2, 0.25) is 0 Å². The van der Waals surface area contributed by atoms with Crippen LogP contribution in [0.5, 0.6) is 5.75 Å². The van der Waals surface area contributed by atoms with E-state index in [-0.39, 0.29) is 5.91 Å². The Hall–Kier alpha value is -3.25. The van der Waals surface area contributed by atoms with E-state index in [0.29, 0.717) is 18.1 Å². The minimum atomic E-state index is 0.0183. The highest BCUT2D eigenvalue weighted by Crippen LogP contribution is 2.32. The van der Waals surface area contributed by atoms with Gasteiger partial charge in [-0.25, -0.2) is 4.98 Å². The number of pyridine rings is 1. The van der Waals surface area contributed by atoms with Crippen molar-refractivity contribution in [1.29, 1.82) is 0 Å². The lowest BCUT2D eigenvalue weighted by atomic mass is 10.0. The number of anilines is 1. The molecule has 30 heavy (non-hydrogen) atoms. The van der Waals surface area contributed by atoms with Crippen LogP contribution in [0.3, 0.4) is 0 Å². The summed E-state index contributed by atoms with van der Waals surface area (Å²) in [6.07, 6.45) is 3.81. The molecule has 1 amide bonds. The SMILES string of the molecule is COc1ccc2nc(N(Cc3ccncc3)C(=O)Cc3ccc(C)cc3C)sc2c1. The Kier molecular flexibility index (Phi) is 5.77. The molecular weight excluding hydrogens is 394 g/mol. The van der Waals surface area contributed by atoms with Crippen molar-refractivity contribution in [3.8, 4) is 5.75 Å². The Balaban J connectivity index is 1.69. The average Bonchev–Trinajstić information content (AvgIpc) is 3.17. The Morgan fingerprint density at radius 1 is 1.07 bits per heavy atom. The molecule has 0 aliphatic heterocycles. The fourth-order valence-electron chi connectivity index (χ4n) is 3.37. The third kappa shape index (κ3) is 4.33. The van der Waals surface area contributed by atoms with Crippen LogP contribution in [0.4, 0.5) is 5.13 Å². The van der Waals surface area contributed by atoms with Gasteiger partial charge in [-0.2, -0.15) is 0 Å². The summed E-state index contributed by atoms with van der Waals surface area (Å²) in [6, 6.07) is 15.8. The van der Waals surface area contributed by atoms with E-state index in [1.54, 1.807) is 24.4 Å². The second kappa shape index (κ2) is 8.63. The van der Waals surface area contributed by atoms with Crippen molar-refractivity contribution in [3.63, 3.8) is 0 Å². The van der Waals surface area contributed by atoms with Crippen molar-refractivity contribution in [2.45, 2.75) is 26.8 Å². The van der Waals surface area contributed by atoms with Crippen LogP contribution < -0.4 is 9.64 Å². The van der Waals surface area contributed by atoms with Gasteiger partial charge in [-0.05, 0) is 60.9 Å². The van der Waals surface area contributed by atoms with Gasteiger partial charge in [0.1, 0.15) is 5.75 Å². The molecule has 0 spiro atoms. The van der Waals surface area contributed by atoms with E-state index in [1.807, 2.05) is 49.4 Å². The number of hydrogen-bond acceptors (Lipinski definition) is 5. The molecular formula is C24H23N3O2S. The number of hydrogen-bond donors (Lipinski definition) is 0. The highest BCUT2D eigenvalue weighted by molar-refractivity contribution is 7.22. The molecule has 5 nitrogen and oxygen atoms in total. The van der Waals surface area contributed by atoms with Crippen LogP contribution in [-0.2, 0) is 17.8 Å². The number of amides is 1. The van der Waals surface area contributed by atoms with E-state index in [4.69, 9.17) is 9.72 Å². The number of carbonyl (C=O) groups excluding carboxylic acids is 1. The Labute approximate surface area is 180 Å². The van der Waals surface area contributed by atoms with Crippen LogP contribution in [0, 0.1) is 13.8 Å². The second-order valence-electron chi connectivity index (χ2n) is 7.27. The molecule has 6 heteroatoms. The molecule has 0 saturated heterocycles. The van der Waals surface area contributed by atoms with Gasteiger partial charge in [0.25, 0.3) is 0 Å². The van der Waals surface area contributed by atoms with E-state index in [1.165, 1.54) is 16.9 Å². The number of methoxy groups -OCH3 is 1. The van der Waals surface area contributed by atoms with Gasteiger partial charge >= 0.3 is 0 Å². The molecule has 0 aliphatic rings. The molecule has 0 radical (unpaired) electrons. The van der Waals surface area contributed by atoms with Gasteiger partial charge in [0, 0.05) is 12.4 Å². The summed E-state index contributed by atoms with van der Waals surface area (Å²) < 4.78 is 6.32. The summed E-state index contributed by atoms with van der Waals surface area (Å²) in [4.78, 5) is 24.0. The first-order chi connectivity index (χ1) is 14.5. The number of aromatic nitrogens is 2. The first-order valence-electron chi connectivity index (χ1n) is 9.73. The van der Waals surface area contributed by atoms with E-state index < -0.39 is 0 Å². The van der Waals surface area contributed by atoms with Crippen LogP contribution >= 0.6 is 11.3 Å². The van der Waals surface area contributed by atoms with Crippen LogP contribution in [0.1, 0.15) is 22.3 Å². The monoisotopic (exact) mass is 417 g/mol. The lowest BCUT2D eigenvalue weighted by Gasteiger charge is -2.20. The van der Waals surface area contributed by atoms with Gasteiger partial charge in [-0.3, -0.25) is 14.7 Å². The topological polar surface area (TPSA) is 55.3 Å². The van der Waals surface area contributed by atoms with Crippen LogP contribution in [0.15, 0.2) is 60.9 Å². The fourth-order valence-corrected chi connectivity index (χ4v) is 4.38. The third-order valence-corrected chi connectivity index (χ3v) is 6.09. The summed E-state index contributed by atoms with van der Waals surface area (Å²) in [7, 11) is 1.65. The first kappa shape index (κ1) is 20.0. The van der Waals surface area contributed by atoms with Crippen molar-refractivity contribution >= 4 is 32.6 Å².